The van der Waals surface area contributed by atoms with Gasteiger partial charge in [0, 0.05) is 23.4 Å². The number of carbonyl (C=O) groups is 2. The van der Waals surface area contributed by atoms with Crippen molar-refractivity contribution in [2.45, 2.75) is 30.1 Å². The van der Waals surface area contributed by atoms with Crippen molar-refractivity contribution in [1.82, 2.24) is 0 Å². The molecule has 0 bridgehead atoms. The number of hydrogen-bond donors (Lipinski definition) is 2. The van der Waals surface area contributed by atoms with Crippen molar-refractivity contribution < 1.29 is 27.5 Å². The second-order valence-electron chi connectivity index (χ2n) is 8.01. The van der Waals surface area contributed by atoms with Gasteiger partial charge in [-0.25, -0.2) is 18.4 Å². The van der Waals surface area contributed by atoms with Crippen LogP contribution in [0.2, 0.25) is 0 Å². The summed E-state index contributed by atoms with van der Waals surface area (Å²) in [4.78, 5) is 27.8. The highest BCUT2D eigenvalue weighted by atomic mass is 32.2. The van der Waals surface area contributed by atoms with Gasteiger partial charge in [-0.3, -0.25) is 9.69 Å². The van der Waals surface area contributed by atoms with Crippen LogP contribution in [0.1, 0.15) is 30.7 Å². The molecular weight excluding hydrogens is 458 g/mol. The van der Waals surface area contributed by atoms with E-state index in [1.54, 1.807) is 48.4 Å². The maximum Gasteiger partial charge on any atom is 0.338 e. The molecule has 4 N–H and O–H groups in total. The number of ketones is 1. The van der Waals surface area contributed by atoms with Crippen molar-refractivity contribution >= 4 is 27.5 Å². The summed E-state index contributed by atoms with van der Waals surface area (Å²) in [5.41, 5.74) is 9.07. The smallest absolute Gasteiger partial charge is 0.338 e. The monoisotopic (exact) mass is 483 g/mol. The van der Waals surface area contributed by atoms with Gasteiger partial charge in [-0.15, -0.1) is 0 Å². The van der Waals surface area contributed by atoms with Crippen molar-refractivity contribution in [3.05, 3.63) is 76.8 Å². The molecule has 2 aromatic carbocycles. The number of anilines is 1. The van der Waals surface area contributed by atoms with Gasteiger partial charge in [0.05, 0.1) is 30.6 Å². The average Bonchev–Trinajstić information content (AvgIpc) is 2.82. The molecule has 0 saturated carbocycles. The molecule has 1 atom stereocenters. The van der Waals surface area contributed by atoms with Gasteiger partial charge in [0.25, 0.3) is 0 Å². The minimum absolute atomic E-state index is 0.0611. The number of ether oxygens (including phenoxy) is 2. The third-order valence-corrected chi connectivity index (χ3v) is 7.00. The zero-order valence-corrected chi connectivity index (χ0v) is 19.6. The highest BCUT2D eigenvalue weighted by Gasteiger charge is 2.43. The molecule has 2 aliphatic rings. The van der Waals surface area contributed by atoms with Crippen LogP contribution in [-0.2, 0) is 24.3 Å². The lowest BCUT2D eigenvalue weighted by Crippen LogP contribution is -2.40. The van der Waals surface area contributed by atoms with Gasteiger partial charge >= 0.3 is 5.97 Å². The normalized spacial score (nSPS) is 18.6. The number of benzene rings is 2. The van der Waals surface area contributed by atoms with E-state index in [0.717, 1.165) is 0 Å². The lowest BCUT2D eigenvalue weighted by molar-refractivity contribution is -0.136. The molecule has 34 heavy (non-hydrogen) atoms. The topological polar surface area (TPSA) is 142 Å². The van der Waals surface area contributed by atoms with Gasteiger partial charge in [-0.05, 0) is 54.8 Å². The average molecular weight is 484 g/mol. The van der Waals surface area contributed by atoms with E-state index in [1.807, 2.05) is 0 Å². The second-order valence-corrected chi connectivity index (χ2v) is 9.57. The molecule has 4 rings (SSSR count). The number of nitrogens with zero attached hydrogens (tertiary/aromatic N) is 1. The van der Waals surface area contributed by atoms with Crippen LogP contribution in [0.3, 0.4) is 0 Å². The molecule has 0 aromatic heterocycles. The second kappa shape index (κ2) is 8.96. The number of rotatable bonds is 5. The summed E-state index contributed by atoms with van der Waals surface area (Å²) in [5, 5.41) is 5.22. The van der Waals surface area contributed by atoms with Gasteiger partial charge in [0.2, 0.25) is 10.0 Å². The van der Waals surface area contributed by atoms with Crippen molar-refractivity contribution in [1.29, 1.82) is 0 Å². The van der Waals surface area contributed by atoms with Crippen molar-refractivity contribution in [3.63, 3.8) is 0 Å². The molecule has 9 nitrogen and oxygen atoms in total. The molecule has 0 fully saturated rings. The fraction of sp³-hybridized carbons (Fsp3) is 0.250. The molecule has 1 aliphatic carbocycles. The number of esters is 1. The fourth-order valence-electron chi connectivity index (χ4n) is 4.51. The molecule has 178 valence electrons. The summed E-state index contributed by atoms with van der Waals surface area (Å²) in [7, 11) is -1.08. The molecule has 0 spiro atoms. The summed E-state index contributed by atoms with van der Waals surface area (Å²) in [6.45, 7) is 0. The molecule has 2 aromatic rings. The minimum atomic E-state index is -3.89. The van der Waals surface area contributed by atoms with Crippen molar-refractivity contribution in [2.75, 3.05) is 19.1 Å². The first kappa shape index (κ1) is 23.5. The van der Waals surface area contributed by atoms with Crippen LogP contribution in [0.15, 0.2) is 76.1 Å². The van der Waals surface area contributed by atoms with Crippen LogP contribution in [-0.4, -0.2) is 34.4 Å². The third kappa shape index (κ3) is 4.06. The first-order chi connectivity index (χ1) is 16.2. The van der Waals surface area contributed by atoms with Crippen LogP contribution >= 0.6 is 0 Å². The van der Waals surface area contributed by atoms with Gasteiger partial charge < -0.3 is 15.2 Å². The number of Topliss-reactive ketones (excluding diaryl/α,β-unsaturated/α-hetero) is 1. The Hall–Kier alpha value is -3.63. The number of nitrogens with two attached hydrogens (primary N) is 2. The SMILES string of the molecule is COC(=O)C1=C(N)N(c2ccc(S(N)(=O)=O)cc2)C2=C(C(=O)CCC2)C1c1ccc(OC)cc1. The van der Waals surface area contributed by atoms with Gasteiger partial charge in [0.1, 0.15) is 11.6 Å². The predicted molar refractivity (Wildman–Crippen MR) is 125 cm³/mol. The number of methoxy groups -OCH3 is 2. The van der Waals surface area contributed by atoms with Crippen LogP contribution in [0.5, 0.6) is 5.75 Å². The number of carbonyl (C=O) groups excluding carboxylic acids is 2. The van der Waals surface area contributed by atoms with E-state index in [0.29, 0.717) is 47.5 Å². The van der Waals surface area contributed by atoms with Gasteiger partial charge in [-0.1, -0.05) is 12.1 Å². The number of primary sulfonamides is 1. The fourth-order valence-corrected chi connectivity index (χ4v) is 5.02. The zero-order valence-electron chi connectivity index (χ0n) is 18.8. The van der Waals surface area contributed by atoms with Crippen LogP contribution in [0.4, 0.5) is 5.69 Å². The molecule has 0 saturated heterocycles. The van der Waals surface area contributed by atoms with Crippen molar-refractivity contribution in [3.8, 4) is 5.75 Å². The van der Waals surface area contributed by atoms with E-state index in [2.05, 4.69) is 0 Å². The Morgan fingerprint density at radius 2 is 1.68 bits per heavy atom. The highest BCUT2D eigenvalue weighted by molar-refractivity contribution is 7.89. The molecular formula is C24H25N3O6S. The molecule has 1 unspecified atom stereocenters. The predicted octanol–water partition coefficient (Wildman–Crippen LogP) is 2.30. The summed E-state index contributed by atoms with van der Waals surface area (Å²) < 4.78 is 33.7. The summed E-state index contributed by atoms with van der Waals surface area (Å²) >= 11 is 0. The van der Waals surface area contributed by atoms with E-state index < -0.39 is 21.9 Å². The lowest BCUT2D eigenvalue weighted by atomic mass is 9.75. The van der Waals surface area contributed by atoms with E-state index in [9.17, 15) is 18.0 Å². The Morgan fingerprint density at radius 3 is 2.24 bits per heavy atom. The largest absolute Gasteiger partial charge is 0.497 e. The number of hydrogen-bond acceptors (Lipinski definition) is 8. The maximum absolute atomic E-state index is 13.2. The highest BCUT2D eigenvalue weighted by Crippen LogP contribution is 2.47. The van der Waals surface area contributed by atoms with Gasteiger partial charge in [-0.2, -0.15) is 0 Å². The quantitative estimate of drug-likeness (QED) is 0.617. The van der Waals surface area contributed by atoms with E-state index >= 15 is 0 Å². The first-order valence-corrected chi connectivity index (χ1v) is 12.1. The van der Waals surface area contributed by atoms with E-state index in [-0.39, 0.29) is 22.1 Å². The zero-order chi connectivity index (χ0) is 24.6. The summed E-state index contributed by atoms with van der Waals surface area (Å²) in [6, 6.07) is 12.9. The molecule has 0 amide bonds. The van der Waals surface area contributed by atoms with Crippen LogP contribution in [0, 0.1) is 0 Å². The van der Waals surface area contributed by atoms with E-state index in [1.165, 1.54) is 19.2 Å². The Bertz CT molecular complexity index is 1310. The number of sulfonamides is 1. The number of allylic oxidation sites excluding steroid dienone is 2. The molecule has 10 heteroatoms. The van der Waals surface area contributed by atoms with Crippen molar-refractivity contribution in [2.24, 2.45) is 10.9 Å². The Balaban J connectivity index is 1.94. The lowest BCUT2D eigenvalue weighted by Gasteiger charge is -2.40. The van der Waals surface area contributed by atoms with Gasteiger partial charge in [0.15, 0.2) is 5.78 Å². The Kier molecular flexibility index (Phi) is 6.20. The Labute approximate surface area is 197 Å². The summed E-state index contributed by atoms with van der Waals surface area (Å²) in [5.74, 6) is -0.695. The molecule has 1 heterocycles. The van der Waals surface area contributed by atoms with E-state index in [4.69, 9.17) is 20.3 Å². The molecule has 0 radical (unpaired) electrons. The third-order valence-electron chi connectivity index (χ3n) is 6.07. The standard InChI is InChI=1S/C24H25N3O6S/c1-32-16-10-6-14(7-11-16)20-21-18(4-3-5-19(21)28)27(23(25)22(20)24(29)33-2)15-8-12-17(13-9-15)34(26,30)31/h6-13,20H,3-5,25H2,1-2H3,(H2,26,30,31). The first-order valence-electron chi connectivity index (χ1n) is 10.6. The van der Waals surface area contributed by atoms with Crippen LogP contribution < -0.4 is 20.5 Å². The van der Waals surface area contributed by atoms with Crippen LogP contribution in [0.25, 0.3) is 0 Å². The minimum Gasteiger partial charge on any atom is -0.497 e. The maximum atomic E-state index is 13.2. The molecule has 1 aliphatic heterocycles. The Morgan fingerprint density at radius 1 is 1.03 bits per heavy atom. The summed E-state index contributed by atoms with van der Waals surface area (Å²) in [6.07, 6.45) is 1.53.